The largest absolute Gasteiger partial charge is 0.460 e. The fourth-order valence-electron chi connectivity index (χ4n) is 1.71. The van der Waals surface area contributed by atoms with E-state index in [9.17, 15) is 8.42 Å². The van der Waals surface area contributed by atoms with E-state index in [1.165, 1.54) is 0 Å². The minimum atomic E-state index is -3.13. The molecule has 98 valence electrons. The minimum absolute atomic E-state index is 0.0582. The second-order valence-corrected chi connectivity index (χ2v) is 7.20. The van der Waals surface area contributed by atoms with E-state index < -0.39 is 15.1 Å². The lowest BCUT2D eigenvalue weighted by Crippen LogP contribution is -2.15. The molecule has 1 heterocycles. The normalized spacial score (nSPS) is 12.4. The van der Waals surface area contributed by atoms with E-state index >= 15 is 0 Å². The zero-order valence-corrected chi connectivity index (χ0v) is 11.3. The first-order chi connectivity index (χ1) is 8.42. The van der Waals surface area contributed by atoms with Crippen LogP contribution in [0.25, 0.3) is 11.0 Å². The maximum atomic E-state index is 11.8. The summed E-state index contributed by atoms with van der Waals surface area (Å²) in [5.41, 5.74) is 7.26. The van der Waals surface area contributed by atoms with Crippen LogP contribution in [-0.2, 0) is 22.1 Å². The van der Waals surface area contributed by atoms with Gasteiger partial charge in [0.15, 0.2) is 9.84 Å². The van der Waals surface area contributed by atoms with Gasteiger partial charge in [-0.05, 0) is 37.6 Å². The van der Waals surface area contributed by atoms with Gasteiger partial charge in [0.25, 0.3) is 0 Å². The summed E-state index contributed by atoms with van der Waals surface area (Å²) in [6.07, 6.45) is 0. The summed E-state index contributed by atoms with van der Waals surface area (Å²) in [5, 5.41) is 0.497. The molecule has 0 saturated carbocycles. The third-order valence-electron chi connectivity index (χ3n) is 2.93. The molecule has 0 bridgehead atoms. The third kappa shape index (κ3) is 2.57. The van der Waals surface area contributed by atoms with Crippen LogP contribution in [0.5, 0.6) is 0 Å². The molecule has 1 aromatic heterocycles. The lowest BCUT2D eigenvalue weighted by molar-refractivity contribution is 0.550. The van der Waals surface area contributed by atoms with Gasteiger partial charge in [-0.3, -0.25) is 0 Å². The molecule has 0 spiro atoms. The third-order valence-corrected chi connectivity index (χ3v) is 5.05. The molecule has 1 aromatic carbocycles. The average molecular weight is 267 g/mol. The van der Waals surface area contributed by atoms with Crippen molar-refractivity contribution in [3.05, 3.63) is 35.6 Å². The summed E-state index contributed by atoms with van der Waals surface area (Å²) in [5.74, 6) is 0.421. The molecular formula is C13H17NO3S. The second-order valence-electron chi connectivity index (χ2n) is 4.64. The molecule has 0 unspecified atom stereocenters. The van der Waals surface area contributed by atoms with Gasteiger partial charge in [0.05, 0.1) is 5.25 Å². The first-order valence-corrected chi connectivity index (χ1v) is 7.57. The minimum Gasteiger partial charge on any atom is -0.460 e. The smallest absolute Gasteiger partial charge is 0.159 e. The number of nitrogens with two attached hydrogens (primary N) is 1. The Kier molecular flexibility index (Phi) is 3.45. The van der Waals surface area contributed by atoms with Crippen LogP contribution in [0.4, 0.5) is 0 Å². The Morgan fingerprint density at radius 3 is 2.61 bits per heavy atom. The van der Waals surface area contributed by atoms with E-state index in [-0.39, 0.29) is 5.75 Å². The van der Waals surface area contributed by atoms with E-state index in [1.807, 2.05) is 18.2 Å². The summed E-state index contributed by atoms with van der Waals surface area (Å²) >= 11 is 0. The predicted octanol–water partition coefficient (Wildman–Crippen LogP) is 2.21. The van der Waals surface area contributed by atoms with Crippen LogP contribution in [0.1, 0.15) is 25.2 Å². The SMILES string of the molecule is CC(C)S(=O)(=O)Cc1cc2cc(CN)ccc2o1. The zero-order chi connectivity index (χ0) is 13.3. The number of furan rings is 1. The Hall–Kier alpha value is -1.33. The number of rotatable bonds is 4. The molecule has 0 saturated heterocycles. The van der Waals surface area contributed by atoms with Gasteiger partial charge in [-0.2, -0.15) is 0 Å². The van der Waals surface area contributed by atoms with Gasteiger partial charge in [0.2, 0.25) is 0 Å². The van der Waals surface area contributed by atoms with Crippen molar-refractivity contribution < 1.29 is 12.8 Å². The molecule has 4 nitrogen and oxygen atoms in total. The number of hydrogen-bond acceptors (Lipinski definition) is 4. The Morgan fingerprint density at radius 2 is 2.00 bits per heavy atom. The van der Waals surface area contributed by atoms with Crippen LogP contribution in [0.15, 0.2) is 28.7 Å². The fraction of sp³-hybridized carbons (Fsp3) is 0.385. The van der Waals surface area contributed by atoms with Crippen molar-refractivity contribution in [1.82, 2.24) is 0 Å². The van der Waals surface area contributed by atoms with Gasteiger partial charge < -0.3 is 10.2 Å². The molecule has 2 aromatic rings. The average Bonchev–Trinajstić information content (AvgIpc) is 2.68. The first-order valence-electron chi connectivity index (χ1n) is 5.85. The standard InChI is InChI=1S/C13H17NO3S/c1-9(2)18(15,16)8-12-6-11-5-10(7-14)3-4-13(11)17-12/h3-6,9H,7-8,14H2,1-2H3. The van der Waals surface area contributed by atoms with E-state index in [4.69, 9.17) is 10.2 Å². The van der Waals surface area contributed by atoms with E-state index in [2.05, 4.69) is 0 Å². The topological polar surface area (TPSA) is 73.3 Å². The highest BCUT2D eigenvalue weighted by molar-refractivity contribution is 7.91. The van der Waals surface area contributed by atoms with E-state index in [1.54, 1.807) is 19.9 Å². The molecule has 0 atom stereocenters. The van der Waals surface area contributed by atoms with Crippen molar-refractivity contribution in [3.8, 4) is 0 Å². The monoisotopic (exact) mass is 267 g/mol. The second kappa shape index (κ2) is 4.74. The lowest BCUT2D eigenvalue weighted by Gasteiger charge is -2.04. The summed E-state index contributed by atoms with van der Waals surface area (Å²) in [7, 11) is -3.13. The van der Waals surface area contributed by atoms with Crippen molar-refractivity contribution in [2.45, 2.75) is 31.4 Å². The van der Waals surface area contributed by atoms with Crippen molar-refractivity contribution >= 4 is 20.8 Å². The maximum Gasteiger partial charge on any atom is 0.159 e. The van der Waals surface area contributed by atoms with Crippen LogP contribution in [0.2, 0.25) is 0 Å². The molecule has 5 heteroatoms. The lowest BCUT2D eigenvalue weighted by atomic mass is 10.1. The predicted molar refractivity (Wildman–Crippen MR) is 71.9 cm³/mol. The summed E-state index contributed by atoms with van der Waals surface area (Å²) < 4.78 is 29.2. The molecular weight excluding hydrogens is 250 g/mol. The number of hydrogen-bond donors (Lipinski definition) is 1. The Balaban J connectivity index is 2.36. The van der Waals surface area contributed by atoms with Crippen LogP contribution >= 0.6 is 0 Å². The molecule has 18 heavy (non-hydrogen) atoms. The van der Waals surface area contributed by atoms with E-state index in [0.29, 0.717) is 17.9 Å². The van der Waals surface area contributed by atoms with Crippen LogP contribution in [-0.4, -0.2) is 13.7 Å². The summed E-state index contributed by atoms with van der Waals surface area (Å²) in [6, 6.07) is 7.40. The molecule has 0 aliphatic heterocycles. The zero-order valence-electron chi connectivity index (χ0n) is 10.5. The number of benzene rings is 1. The molecule has 0 radical (unpaired) electrons. The molecule has 0 aliphatic rings. The maximum absolute atomic E-state index is 11.8. The fourth-order valence-corrected chi connectivity index (χ4v) is 2.58. The Morgan fingerprint density at radius 1 is 1.28 bits per heavy atom. The molecule has 2 N–H and O–H groups in total. The number of fused-ring (bicyclic) bond motifs is 1. The molecule has 2 rings (SSSR count). The molecule has 0 fully saturated rings. The van der Waals surface area contributed by atoms with Crippen LogP contribution < -0.4 is 5.73 Å². The van der Waals surface area contributed by atoms with Gasteiger partial charge in [0, 0.05) is 11.9 Å². The van der Waals surface area contributed by atoms with Crippen molar-refractivity contribution in [2.75, 3.05) is 0 Å². The molecule has 0 amide bonds. The van der Waals surface area contributed by atoms with Gasteiger partial charge in [-0.25, -0.2) is 8.42 Å². The van der Waals surface area contributed by atoms with Crippen molar-refractivity contribution in [1.29, 1.82) is 0 Å². The quantitative estimate of drug-likeness (QED) is 0.921. The molecule has 0 aliphatic carbocycles. The van der Waals surface area contributed by atoms with Crippen LogP contribution in [0.3, 0.4) is 0 Å². The van der Waals surface area contributed by atoms with Crippen molar-refractivity contribution in [2.24, 2.45) is 5.73 Å². The summed E-state index contributed by atoms with van der Waals surface area (Å²) in [6.45, 7) is 3.80. The Bertz CT molecular complexity index is 656. The highest BCUT2D eigenvalue weighted by atomic mass is 32.2. The van der Waals surface area contributed by atoms with Crippen LogP contribution in [0, 0.1) is 0 Å². The van der Waals surface area contributed by atoms with Gasteiger partial charge in [-0.1, -0.05) is 6.07 Å². The summed E-state index contributed by atoms with van der Waals surface area (Å²) in [4.78, 5) is 0. The van der Waals surface area contributed by atoms with Gasteiger partial charge >= 0.3 is 0 Å². The highest BCUT2D eigenvalue weighted by Crippen LogP contribution is 2.23. The first kappa shape index (κ1) is 13.1. The number of sulfone groups is 1. The Labute approximate surface area is 107 Å². The van der Waals surface area contributed by atoms with E-state index in [0.717, 1.165) is 10.9 Å². The van der Waals surface area contributed by atoms with Crippen molar-refractivity contribution in [3.63, 3.8) is 0 Å². The van der Waals surface area contributed by atoms with Gasteiger partial charge in [0.1, 0.15) is 17.1 Å². The highest BCUT2D eigenvalue weighted by Gasteiger charge is 2.19. The van der Waals surface area contributed by atoms with Gasteiger partial charge in [-0.15, -0.1) is 0 Å².